The number of rotatable bonds is 3. The molecule has 1 aliphatic rings. The molecular formula is C24H18ClN5. The topological polar surface area (TPSA) is 68.9 Å². The predicted octanol–water partition coefficient (Wildman–Crippen LogP) is 5.80. The Balaban J connectivity index is 1.44. The fourth-order valence-corrected chi connectivity index (χ4v) is 4.35. The Kier molecular flexibility index (Phi) is 3.89. The van der Waals surface area contributed by atoms with E-state index >= 15 is 0 Å². The van der Waals surface area contributed by atoms with Crippen LogP contribution in [-0.2, 0) is 0 Å². The molecular weight excluding hydrogens is 394 g/mol. The first-order chi connectivity index (χ1) is 14.8. The molecule has 1 unspecified atom stereocenters. The molecule has 0 spiro atoms. The number of para-hydroxylation sites is 2. The van der Waals surface area contributed by atoms with Crippen LogP contribution in [0, 0.1) is 0 Å². The Morgan fingerprint density at radius 1 is 0.867 bits per heavy atom. The molecule has 1 atom stereocenters. The second-order valence-corrected chi connectivity index (χ2v) is 7.95. The number of hydrazone groups is 1. The zero-order valence-corrected chi connectivity index (χ0v) is 16.7. The van der Waals surface area contributed by atoms with E-state index in [4.69, 9.17) is 21.7 Å². The van der Waals surface area contributed by atoms with Crippen LogP contribution in [0.25, 0.3) is 33.2 Å². The van der Waals surface area contributed by atoms with Crippen molar-refractivity contribution in [3.63, 3.8) is 0 Å². The first-order valence-electron chi connectivity index (χ1n) is 9.90. The number of imidazole rings is 1. The van der Waals surface area contributed by atoms with Crippen LogP contribution in [0.4, 0.5) is 0 Å². The summed E-state index contributed by atoms with van der Waals surface area (Å²) in [5, 5.41) is 6.50. The summed E-state index contributed by atoms with van der Waals surface area (Å²) in [4.78, 5) is 11.7. The van der Waals surface area contributed by atoms with Crippen molar-refractivity contribution >= 4 is 39.2 Å². The van der Waals surface area contributed by atoms with Gasteiger partial charge in [0.25, 0.3) is 0 Å². The van der Waals surface area contributed by atoms with E-state index in [1.54, 1.807) is 0 Å². The van der Waals surface area contributed by atoms with Crippen LogP contribution < -0.4 is 5.43 Å². The highest BCUT2D eigenvalue weighted by atomic mass is 35.5. The van der Waals surface area contributed by atoms with Crippen LogP contribution in [0.5, 0.6) is 0 Å². The van der Waals surface area contributed by atoms with Gasteiger partial charge in [-0.2, -0.15) is 5.10 Å². The van der Waals surface area contributed by atoms with Crippen LogP contribution in [0.2, 0.25) is 5.02 Å². The molecule has 0 bridgehead atoms. The van der Waals surface area contributed by atoms with Gasteiger partial charge in [-0.05, 0) is 35.9 Å². The van der Waals surface area contributed by atoms with Gasteiger partial charge in [-0.25, -0.2) is 4.98 Å². The van der Waals surface area contributed by atoms with Gasteiger partial charge < -0.3 is 9.97 Å². The number of H-pyrrole nitrogens is 2. The maximum atomic E-state index is 6.34. The van der Waals surface area contributed by atoms with Crippen LogP contribution in [-0.4, -0.2) is 20.7 Å². The van der Waals surface area contributed by atoms with Crippen LogP contribution in [0.1, 0.15) is 23.9 Å². The molecule has 0 saturated carbocycles. The van der Waals surface area contributed by atoms with E-state index < -0.39 is 0 Å². The highest BCUT2D eigenvalue weighted by molar-refractivity contribution is 6.31. The zero-order valence-electron chi connectivity index (χ0n) is 16.0. The normalized spacial score (nSPS) is 16.2. The molecule has 2 aromatic heterocycles. The van der Waals surface area contributed by atoms with Crippen LogP contribution in [0.3, 0.4) is 0 Å². The fraction of sp³-hybridized carbons (Fsp3) is 0.0833. The first-order valence-corrected chi connectivity index (χ1v) is 10.3. The SMILES string of the molecule is Clc1ccc2[nH]c(-c3ccccc3)c(C3=NNC(c4nc5ccccc5[nH]4)C3)c2c1. The van der Waals surface area contributed by atoms with E-state index in [2.05, 4.69) is 27.5 Å². The van der Waals surface area contributed by atoms with E-state index in [0.29, 0.717) is 5.02 Å². The third-order valence-corrected chi connectivity index (χ3v) is 5.84. The minimum atomic E-state index is 0.000146. The van der Waals surface area contributed by atoms with Gasteiger partial charge in [-0.15, -0.1) is 0 Å². The van der Waals surface area contributed by atoms with Gasteiger partial charge in [0.05, 0.1) is 22.4 Å². The third-order valence-electron chi connectivity index (χ3n) is 5.60. The summed E-state index contributed by atoms with van der Waals surface area (Å²) in [6.07, 6.45) is 0.735. The largest absolute Gasteiger partial charge is 0.354 e. The van der Waals surface area contributed by atoms with Crippen molar-refractivity contribution in [2.75, 3.05) is 0 Å². The van der Waals surface area contributed by atoms with Gasteiger partial charge in [-0.3, -0.25) is 5.43 Å². The van der Waals surface area contributed by atoms with E-state index in [-0.39, 0.29) is 6.04 Å². The van der Waals surface area contributed by atoms with Crippen LogP contribution >= 0.6 is 11.6 Å². The molecule has 0 saturated heterocycles. The lowest BCUT2D eigenvalue weighted by Crippen LogP contribution is -2.11. The summed E-state index contributed by atoms with van der Waals surface area (Å²) in [6.45, 7) is 0. The minimum Gasteiger partial charge on any atom is -0.354 e. The van der Waals surface area contributed by atoms with Gasteiger partial charge in [0.15, 0.2) is 0 Å². The molecule has 0 radical (unpaired) electrons. The number of halogens is 1. The molecule has 0 aliphatic carbocycles. The van der Waals surface area contributed by atoms with Gasteiger partial charge in [-0.1, -0.05) is 54.1 Å². The van der Waals surface area contributed by atoms with Crippen molar-refractivity contribution < 1.29 is 0 Å². The second kappa shape index (κ2) is 6.75. The van der Waals surface area contributed by atoms with Crippen molar-refractivity contribution in [2.24, 2.45) is 5.10 Å². The van der Waals surface area contributed by atoms with Crippen molar-refractivity contribution in [3.8, 4) is 11.3 Å². The van der Waals surface area contributed by atoms with Crippen molar-refractivity contribution in [1.82, 2.24) is 20.4 Å². The number of hydrogen-bond donors (Lipinski definition) is 3. The van der Waals surface area contributed by atoms with Crippen molar-refractivity contribution in [2.45, 2.75) is 12.5 Å². The molecule has 3 heterocycles. The standard InChI is InChI=1S/C24H18ClN5/c25-15-10-11-17-16(12-15)22(23(26-17)14-6-2-1-3-7-14)20-13-21(30-29-20)24-27-18-8-4-5-9-19(18)28-24/h1-12,21,26,30H,13H2,(H,27,28). The predicted molar refractivity (Wildman–Crippen MR) is 122 cm³/mol. The Morgan fingerprint density at radius 3 is 2.57 bits per heavy atom. The summed E-state index contributed by atoms with van der Waals surface area (Å²) in [5.41, 5.74) is 10.6. The molecule has 5 aromatic rings. The average Bonchev–Trinajstić information content (AvgIpc) is 3.49. The number of fused-ring (bicyclic) bond motifs is 2. The molecule has 6 heteroatoms. The molecule has 0 amide bonds. The quantitative estimate of drug-likeness (QED) is 0.351. The number of nitrogens with zero attached hydrogens (tertiary/aromatic N) is 2. The summed E-state index contributed by atoms with van der Waals surface area (Å²) < 4.78 is 0. The number of nitrogens with one attached hydrogen (secondary N) is 3. The summed E-state index contributed by atoms with van der Waals surface area (Å²) in [7, 11) is 0. The molecule has 146 valence electrons. The highest BCUT2D eigenvalue weighted by Gasteiger charge is 2.28. The smallest absolute Gasteiger partial charge is 0.131 e. The van der Waals surface area contributed by atoms with E-state index in [9.17, 15) is 0 Å². The fourth-order valence-electron chi connectivity index (χ4n) is 4.18. The zero-order chi connectivity index (χ0) is 20.1. The van der Waals surface area contributed by atoms with E-state index in [1.165, 1.54) is 0 Å². The van der Waals surface area contributed by atoms with Crippen molar-refractivity contribution in [1.29, 1.82) is 0 Å². The first kappa shape index (κ1) is 17.3. The van der Waals surface area contributed by atoms with Gasteiger partial charge in [0, 0.05) is 27.9 Å². The van der Waals surface area contributed by atoms with Crippen molar-refractivity contribution in [3.05, 3.63) is 89.2 Å². The molecule has 30 heavy (non-hydrogen) atoms. The van der Waals surface area contributed by atoms with Gasteiger partial charge in [0.2, 0.25) is 0 Å². The number of aromatic nitrogens is 3. The third kappa shape index (κ3) is 2.78. The molecule has 1 aliphatic heterocycles. The Hall–Kier alpha value is -3.57. The number of benzene rings is 3. The lowest BCUT2D eigenvalue weighted by Gasteiger charge is -2.07. The lowest BCUT2D eigenvalue weighted by atomic mass is 9.97. The van der Waals surface area contributed by atoms with E-state index in [0.717, 1.165) is 56.7 Å². The Bertz CT molecular complexity index is 1380. The number of aromatic amines is 2. The maximum absolute atomic E-state index is 6.34. The maximum Gasteiger partial charge on any atom is 0.131 e. The molecule has 3 N–H and O–H groups in total. The Morgan fingerprint density at radius 2 is 1.70 bits per heavy atom. The number of hydrogen-bond acceptors (Lipinski definition) is 3. The molecule has 6 rings (SSSR count). The lowest BCUT2D eigenvalue weighted by molar-refractivity contribution is 0.591. The molecule has 5 nitrogen and oxygen atoms in total. The summed E-state index contributed by atoms with van der Waals surface area (Å²) >= 11 is 6.34. The minimum absolute atomic E-state index is 0.000146. The van der Waals surface area contributed by atoms with Gasteiger partial charge in [0.1, 0.15) is 11.9 Å². The van der Waals surface area contributed by atoms with E-state index in [1.807, 2.05) is 60.7 Å². The second-order valence-electron chi connectivity index (χ2n) is 7.51. The summed E-state index contributed by atoms with van der Waals surface area (Å²) in [6, 6.07) is 24.3. The van der Waals surface area contributed by atoms with Gasteiger partial charge >= 0.3 is 0 Å². The summed E-state index contributed by atoms with van der Waals surface area (Å²) in [5.74, 6) is 0.897. The highest BCUT2D eigenvalue weighted by Crippen LogP contribution is 2.36. The monoisotopic (exact) mass is 411 g/mol. The van der Waals surface area contributed by atoms with Crippen LogP contribution in [0.15, 0.2) is 77.9 Å². The molecule has 0 fully saturated rings. The average molecular weight is 412 g/mol. The molecule has 3 aromatic carbocycles. The Labute approximate surface area is 177 Å².